The number of rotatable bonds is 3. The fourth-order valence-corrected chi connectivity index (χ4v) is 1.47. The van der Waals surface area contributed by atoms with Crippen molar-refractivity contribution in [2.75, 3.05) is 5.32 Å². The van der Waals surface area contributed by atoms with E-state index in [4.69, 9.17) is 5.73 Å². The van der Waals surface area contributed by atoms with Crippen LogP contribution in [0.15, 0.2) is 51.9 Å². The highest BCUT2D eigenvalue weighted by Crippen LogP contribution is 2.11. The quantitative estimate of drug-likeness (QED) is 0.853. The maximum Gasteiger partial charge on any atom is 0.335 e. The summed E-state index contributed by atoms with van der Waals surface area (Å²) in [4.78, 5) is 22.6. The summed E-state index contributed by atoms with van der Waals surface area (Å²) in [6.07, 6.45) is 1.13. The number of benzene rings is 1. The van der Waals surface area contributed by atoms with E-state index in [2.05, 4.69) is 9.73 Å². The minimum absolute atomic E-state index is 0.285. The Hall–Kier alpha value is -2.40. The molecule has 5 heteroatoms. The molecule has 1 aromatic carbocycles. The fraction of sp³-hybridized carbons (Fsp3) is 0.0769. The highest BCUT2D eigenvalue weighted by molar-refractivity contribution is 6.03. The molecule has 0 bridgehead atoms. The van der Waals surface area contributed by atoms with Gasteiger partial charge >= 0.3 is 5.63 Å². The van der Waals surface area contributed by atoms with E-state index >= 15 is 0 Å². The van der Waals surface area contributed by atoms with Crippen molar-refractivity contribution >= 4 is 11.6 Å². The average Bonchev–Trinajstić information content (AvgIpc) is 2.39. The fourth-order valence-electron chi connectivity index (χ4n) is 1.47. The van der Waals surface area contributed by atoms with E-state index < -0.39 is 5.63 Å². The van der Waals surface area contributed by atoms with E-state index in [1.54, 1.807) is 12.1 Å². The van der Waals surface area contributed by atoms with Gasteiger partial charge in [-0.3, -0.25) is 4.79 Å². The van der Waals surface area contributed by atoms with Crippen LogP contribution in [-0.2, 0) is 6.54 Å². The molecule has 1 aromatic heterocycles. The van der Waals surface area contributed by atoms with Gasteiger partial charge in [0.1, 0.15) is 6.26 Å². The van der Waals surface area contributed by atoms with Gasteiger partial charge in [0.05, 0.1) is 5.56 Å². The summed E-state index contributed by atoms with van der Waals surface area (Å²) in [5.41, 5.74) is 6.88. The van der Waals surface area contributed by atoms with Crippen molar-refractivity contribution in [1.29, 1.82) is 0 Å². The second-order valence-electron chi connectivity index (χ2n) is 3.70. The van der Waals surface area contributed by atoms with E-state index in [0.717, 1.165) is 11.8 Å². The number of carbonyl (C=O) groups is 1. The van der Waals surface area contributed by atoms with Crippen LogP contribution in [-0.4, -0.2) is 5.91 Å². The topological polar surface area (TPSA) is 85.3 Å². The number of hydrogen-bond donors (Lipinski definition) is 2. The molecule has 0 spiro atoms. The lowest BCUT2D eigenvalue weighted by atomic mass is 10.2. The number of nitrogens with two attached hydrogens (primary N) is 1. The molecule has 0 aliphatic carbocycles. The van der Waals surface area contributed by atoms with Gasteiger partial charge in [0.2, 0.25) is 0 Å². The van der Waals surface area contributed by atoms with Crippen LogP contribution >= 0.6 is 0 Å². The molecule has 0 saturated heterocycles. The number of carbonyl (C=O) groups excluding carboxylic acids is 1. The Bertz CT molecular complexity index is 599. The molecular formula is C13H12N2O3. The van der Waals surface area contributed by atoms with E-state index in [1.165, 1.54) is 12.1 Å². The Morgan fingerprint density at radius 1 is 1.28 bits per heavy atom. The molecule has 18 heavy (non-hydrogen) atoms. The molecule has 92 valence electrons. The molecule has 1 heterocycles. The summed E-state index contributed by atoms with van der Waals surface area (Å²) in [5, 5.41) is 2.70. The zero-order valence-corrected chi connectivity index (χ0v) is 9.55. The van der Waals surface area contributed by atoms with Gasteiger partial charge in [0, 0.05) is 18.3 Å². The number of nitrogens with one attached hydrogen (secondary N) is 1. The van der Waals surface area contributed by atoms with Crippen LogP contribution < -0.4 is 16.7 Å². The van der Waals surface area contributed by atoms with Gasteiger partial charge in [0.25, 0.3) is 5.91 Å². The van der Waals surface area contributed by atoms with Crippen molar-refractivity contribution in [2.24, 2.45) is 5.73 Å². The molecular weight excluding hydrogens is 232 g/mol. The van der Waals surface area contributed by atoms with Gasteiger partial charge in [-0.2, -0.15) is 0 Å². The van der Waals surface area contributed by atoms with E-state index in [9.17, 15) is 9.59 Å². The first kappa shape index (κ1) is 12.1. The SMILES string of the molecule is NCc1cccc(NC(=O)c2ccc(=O)oc2)c1. The molecule has 2 aromatic rings. The van der Waals surface area contributed by atoms with Crippen LogP contribution in [0.4, 0.5) is 5.69 Å². The third kappa shape index (κ3) is 2.83. The maximum atomic E-state index is 11.8. The maximum absolute atomic E-state index is 11.8. The molecule has 1 amide bonds. The van der Waals surface area contributed by atoms with Crippen molar-refractivity contribution in [3.63, 3.8) is 0 Å². The lowest BCUT2D eigenvalue weighted by Crippen LogP contribution is -2.13. The molecule has 5 nitrogen and oxygen atoms in total. The zero-order chi connectivity index (χ0) is 13.0. The lowest BCUT2D eigenvalue weighted by molar-refractivity contribution is 0.102. The van der Waals surface area contributed by atoms with Crippen molar-refractivity contribution in [3.8, 4) is 0 Å². The van der Waals surface area contributed by atoms with Crippen LogP contribution in [0, 0.1) is 0 Å². The molecule has 0 unspecified atom stereocenters. The van der Waals surface area contributed by atoms with Crippen LogP contribution in [0.5, 0.6) is 0 Å². The summed E-state index contributed by atoms with van der Waals surface area (Å²) >= 11 is 0. The largest absolute Gasteiger partial charge is 0.430 e. The Kier molecular flexibility index (Phi) is 3.54. The third-order valence-electron chi connectivity index (χ3n) is 2.38. The second kappa shape index (κ2) is 5.29. The van der Waals surface area contributed by atoms with Crippen LogP contribution in [0.1, 0.15) is 15.9 Å². The molecule has 0 fully saturated rings. The summed E-state index contributed by atoms with van der Waals surface area (Å²) in [7, 11) is 0. The Morgan fingerprint density at radius 3 is 2.78 bits per heavy atom. The van der Waals surface area contributed by atoms with Crippen molar-refractivity contribution < 1.29 is 9.21 Å². The molecule has 0 aliphatic heterocycles. The van der Waals surface area contributed by atoms with Gasteiger partial charge in [-0.05, 0) is 23.8 Å². The minimum atomic E-state index is -0.489. The van der Waals surface area contributed by atoms with Crippen molar-refractivity contribution in [3.05, 3.63) is 64.2 Å². The molecule has 2 rings (SSSR count). The first-order valence-electron chi connectivity index (χ1n) is 5.38. The second-order valence-corrected chi connectivity index (χ2v) is 3.70. The highest BCUT2D eigenvalue weighted by atomic mass is 16.4. The summed E-state index contributed by atoms with van der Waals surface area (Å²) in [5.74, 6) is -0.340. The predicted octanol–water partition coefficient (Wildman–Crippen LogP) is 1.35. The van der Waals surface area contributed by atoms with E-state index in [-0.39, 0.29) is 11.5 Å². The number of anilines is 1. The molecule has 0 aliphatic rings. The monoisotopic (exact) mass is 244 g/mol. The zero-order valence-electron chi connectivity index (χ0n) is 9.55. The highest BCUT2D eigenvalue weighted by Gasteiger charge is 2.06. The number of amides is 1. The molecule has 0 radical (unpaired) electrons. The molecule has 0 saturated carbocycles. The van der Waals surface area contributed by atoms with Gasteiger partial charge in [-0.25, -0.2) is 4.79 Å². The minimum Gasteiger partial charge on any atom is -0.430 e. The first-order chi connectivity index (χ1) is 8.69. The van der Waals surface area contributed by atoms with Gasteiger partial charge in [0.15, 0.2) is 0 Å². The Labute approximate surface area is 103 Å². The van der Waals surface area contributed by atoms with Crippen LogP contribution in [0.25, 0.3) is 0 Å². The summed E-state index contributed by atoms with van der Waals surface area (Å²) in [6.45, 7) is 0.407. The van der Waals surface area contributed by atoms with Crippen molar-refractivity contribution in [1.82, 2.24) is 0 Å². The average molecular weight is 244 g/mol. The van der Waals surface area contributed by atoms with Gasteiger partial charge in [-0.1, -0.05) is 12.1 Å². The van der Waals surface area contributed by atoms with Crippen molar-refractivity contribution in [2.45, 2.75) is 6.54 Å². The van der Waals surface area contributed by atoms with Gasteiger partial charge < -0.3 is 15.5 Å². The summed E-state index contributed by atoms with van der Waals surface area (Å²) < 4.78 is 4.63. The Morgan fingerprint density at radius 2 is 2.11 bits per heavy atom. The van der Waals surface area contributed by atoms with Gasteiger partial charge in [-0.15, -0.1) is 0 Å². The standard InChI is InChI=1S/C13H12N2O3/c14-7-9-2-1-3-11(6-9)15-13(17)10-4-5-12(16)18-8-10/h1-6,8H,7,14H2,(H,15,17). The normalized spacial score (nSPS) is 10.1. The lowest BCUT2D eigenvalue weighted by Gasteiger charge is -2.05. The van der Waals surface area contributed by atoms with E-state index in [1.807, 2.05) is 12.1 Å². The number of hydrogen-bond acceptors (Lipinski definition) is 4. The van der Waals surface area contributed by atoms with Crippen LogP contribution in [0.3, 0.4) is 0 Å². The smallest absolute Gasteiger partial charge is 0.335 e. The first-order valence-corrected chi connectivity index (χ1v) is 5.38. The molecule has 0 atom stereocenters. The third-order valence-corrected chi connectivity index (χ3v) is 2.38. The predicted molar refractivity (Wildman–Crippen MR) is 67.3 cm³/mol. The summed E-state index contributed by atoms with van der Waals surface area (Å²) in [6, 6.07) is 9.84. The Balaban J connectivity index is 2.15. The molecule has 3 N–H and O–H groups in total. The van der Waals surface area contributed by atoms with Crippen LogP contribution in [0.2, 0.25) is 0 Å². The van der Waals surface area contributed by atoms with E-state index in [0.29, 0.717) is 12.2 Å².